The first-order valence-corrected chi connectivity index (χ1v) is 7.35. The first-order chi connectivity index (χ1) is 8.72. The Hall–Kier alpha value is -1.30. The van der Waals surface area contributed by atoms with Crippen LogP contribution in [0.25, 0.3) is 0 Å². The van der Waals surface area contributed by atoms with E-state index in [2.05, 4.69) is 10.2 Å². The standard InChI is InChI=1S/C12H17N3O2S/c1-18-10-8-9(12(16)17)11(14-13-10)15-6-4-2-3-5-7-15/h8H,2-7H2,1H3,(H,16,17). The Morgan fingerprint density at radius 1 is 1.28 bits per heavy atom. The fourth-order valence-electron chi connectivity index (χ4n) is 2.14. The van der Waals surface area contributed by atoms with E-state index in [4.69, 9.17) is 0 Å². The first kappa shape index (κ1) is 13.1. The quantitative estimate of drug-likeness (QED) is 0.847. The molecule has 2 rings (SSSR count). The van der Waals surface area contributed by atoms with Crippen LogP contribution in [0.2, 0.25) is 0 Å². The van der Waals surface area contributed by atoms with Gasteiger partial charge in [0.1, 0.15) is 10.6 Å². The van der Waals surface area contributed by atoms with Gasteiger partial charge in [0, 0.05) is 13.1 Å². The lowest BCUT2D eigenvalue weighted by molar-refractivity contribution is 0.0696. The van der Waals surface area contributed by atoms with E-state index in [0.717, 1.165) is 25.9 Å². The van der Waals surface area contributed by atoms with Crippen LogP contribution >= 0.6 is 11.8 Å². The highest BCUT2D eigenvalue weighted by Crippen LogP contribution is 2.23. The number of anilines is 1. The fraction of sp³-hybridized carbons (Fsp3) is 0.583. The van der Waals surface area contributed by atoms with Crippen molar-refractivity contribution in [3.05, 3.63) is 11.6 Å². The first-order valence-electron chi connectivity index (χ1n) is 6.12. The molecule has 1 aliphatic heterocycles. The summed E-state index contributed by atoms with van der Waals surface area (Å²) in [6.07, 6.45) is 6.45. The van der Waals surface area contributed by atoms with Crippen molar-refractivity contribution in [2.75, 3.05) is 24.2 Å². The zero-order chi connectivity index (χ0) is 13.0. The van der Waals surface area contributed by atoms with Crippen molar-refractivity contribution in [1.29, 1.82) is 0 Å². The minimum atomic E-state index is -0.931. The third kappa shape index (κ3) is 2.93. The van der Waals surface area contributed by atoms with Crippen molar-refractivity contribution in [2.45, 2.75) is 30.7 Å². The highest BCUT2D eigenvalue weighted by atomic mass is 32.2. The Morgan fingerprint density at radius 3 is 2.50 bits per heavy atom. The lowest BCUT2D eigenvalue weighted by Gasteiger charge is -2.22. The molecule has 1 aliphatic rings. The minimum Gasteiger partial charge on any atom is -0.478 e. The average molecular weight is 267 g/mol. The van der Waals surface area contributed by atoms with Crippen molar-refractivity contribution in [1.82, 2.24) is 10.2 Å². The van der Waals surface area contributed by atoms with E-state index in [9.17, 15) is 9.90 Å². The maximum atomic E-state index is 11.3. The van der Waals surface area contributed by atoms with E-state index in [0.29, 0.717) is 10.8 Å². The second-order valence-electron chi connectivity index (χ2n) is 4.33. The molecule has 1 aromatic rings. The number of hydrogen-bond donors (Lipinski definition) is 1. The van der Waals surface area contributed by atoms with Crippen LogP contribution in [0, 0.1) is 0 Å². The molecule has 0 spiro atoms. The number of aromatic nitrogens is 2. The van der Waals surface area contributed by atoms with Gasteiger partial charge in [-0.3, -0.25) is 0 Å². The van der Waals surface area contributed by atoms with Crippen LogP contribution in [0.15, 0.2) is 11.1 Å². The van der Waals surface area contributed by atoms with Crippen LogP contribution in [0.1, 0.15) is 36.0 Å². The number of carbonyl (C=O) groups is 1. The summed E-state index contributed by atoms with van der Waals surface area (Å²) in [4.78, 5) is 13.4. The molecule has 6 heteroatoms. The van der Waals surface area contributed by atoms with Crippen molar-refractivity contribution in [3.63, 3.8) is 0 Å². The number of thioether (sulfide) groups is 1. The summed E-state index contributed by atoms with van der Waals surface area (Å²) in [5.74, 6) is -0.415. The largest absolute Gasteiger partial charge is 0.478 e. The minimum absolute atomic E-state index is 0.260. The predicted octanol–water partition coefficient (Wildman–Crippen LogP) is 2.28. The molecule has 0 saturated carbocycles. The van der Waals surface area contributed by atoms with Gasteiger partial charge in [-0.05, 0) is 25.2 Å². The third-order valence-electron chi connectivity index (χ3n) is 3.10. The summed E-state index contributed by atoms with van der Waals surface area (Å²) in [7, 11) is 0. The van der Waals surface area contributed by atoms with Crippen LogP contribution < -0.4 is 4.90 Å². The smallest absolute Gasteiger partial charge is 0.339 e. The van der Waals surface area contributed by atoms with Gasteiger partial charge in [0.15, 0.2) is 5.82 Å². The maximum Gasteiger partial charge on any atom is 0.339 e. The zero-order valence-corrected chi connectivity index (χ0v) is 11.2. The molecule has 2 heterocycles. The van der Waals surface area contributed by atoms with Crippen LogP contribution in [0.3, 0.4) is 0 Å². The molecule has 0 aliphatic carbocycles. The van der Waals surface area contributed by atoms with Gasteiger partial charge < -0.3 is 10.0 Å². The maximum absolute atomic E-state index is 11.3. The second kappa shape index (κ2) is 6.04. The number of nitrogens with zero attached hydrogens (tertiary/aromatic N) is 3. The van der Waals surface area contributed by atoms with Gasteiger partial charge >= 0.3 is 5.97 Å². The molecule has 0 bridgehead atoms. The van der Waals surface area contributed by atoms with Crippen LogP contribution in [0.4, 0.5) is 5.82 Å². The summed E-state index contributed by atoms with van der Waals surface area (Å²) in [6.45, 7) is 1.74. The van der Waals surface area contributed by atoms with Crippen molar-refractivity contribution in [2.24, 2.45) is 0 Å². The van der Waals surface area contributed by atoms with Gasteiger partial charge in [-0.25, -0.2) is 4.79 Å². The number of rotatable bonds is 3. The molecule has 0 radical (unpaired) electrons. The molecule has 1 saturated heterocycles. The molecule has 1 aromatic heterocycles. The number of carboxylic acids is 1. The SMILES string of the molecule is CSc1cc(C(=O)O)c(N2CCCCCC2)nn1. The lowest BCUT2D eigenvalue weighted by Crippen LogP contribution is -2.27. The van der Waals surface area contributed by atoms with Crippen LogP contribution in [-0.2, 0) is 0 Å². The summed E-state index contributed by atoms with van der Waals surface area (Å²) in [6, 6.07) is 1.61. The average Bonchev–Trinajstić information content (AvgIpc) is 2.66. The van der Waals surface area contributed by atoms with Gasteiger partial charge in [0.25, 0.3) is 0 Å². The molecule has 1 N–H and O–H groups in total. The Labute approximate surface area is 111 Å². The third-order valence-corrected chi connectivity index (χ3v) is 3.71. The molecule has 0 aromatic carbocycles. The molecule has 0 amide bonds. The summed E-state index contributed by atoms with van der Waals surface area (Å²) in [5.41, 5.74) is 0.260. The summed E-state index contributed by atoms with van der Waals surface area (Å²) in [5, 5.41) is 18.1. The molecule has 98 valence electrons. The van der Waals surface area contributed by atoms with Gasteiger partial charge in [0.2, 0.25) is 0 Å². The van der Waals surface area contributed by atoms with E-state index in [-0.39, 0.29) is 5.56 Å². The summed E-state index contributed by atoms with van der Waals surface area (Å²) >= 11 is 1.40. The second-order valence-corrected chi connectivity index (χ2v) is 5.16. The topological polar surface area (TPSA) is 66.3 Å². The molecular formula is C12H17N3O2S. The highest BCUT2D eigenvalue weighted by Gasteiger charge is 2.20. The molecule has 0 unspecified atom stereocenters. The van der Waals surface area contributed by atoms with Crippen LogP contribution in [0.5, 0.6) is 0 Å². The number of hydrogen-bond acceptors (Lipinski definition) is 5. The van der Waals surface area contributed by atoms with E-state index < -0.39 is 5.97 Å². The Kier molecular flexibility index (Phi) is 4.41. The lowest BCUT2D eigenvalue weighted by atomic mass is 10.2. The van der Waals surface area contributed by atoms with Gasteiger partial charge in [-0.1, -0.05) is 12.8 Å². The van der Waals surface area contributed by atoms with E-state index in [1.54, 1.807) is 6.07 Å². The highest BCUT2D eigenvalue weighted by molar-refractivity contribution is 7.98. The van der Waals surface area contributed by atoms with Crippen molar-refractivity contribution in [3.8, 4) is 0 Å². The Morgan fingerprint density at radius 2 is 1.94 bits per heavy atom. The fourth-order valence-corrected chi connectivity index (χ4v) is 2.50. The monoisotopic (exact) mass is 267 g/mol. The van der Waals surface area contributed by atoms with E-state index in [1.807, 2.05) is 11.2 Å². The van der Waals surface area contributed by atoms with Gasteiger partial charge in [0.05, 0.1) is 0 Å². The van der Waals surface area contributed by atoms with Crippen molar-refractivity contribution >= 4 is 23.5 Å². The summed E-state index contributed by atoms with van der Waals surface area (Å²) < 4.78 is 0. The Bertz CT molecular complexity index is 431. The normalized spacial score (nSPS) is 16.4. The Balaban J connectivity index is 2.32. The van der Waals surface area contributed by atoms with E-state index in [1.165, 1.54) is 24.6 Å². The van der Waals surface area contributed by atoms with Crippen LogP contribution in [-0.4, -0.2) is 40.6 Å². The molecular weight excluding hydrogens is 250 g/mol. The number of carboxylic acid groups (broad SMARTS) is 1. The van der Waals surface area contributed by atoms with E-state index >= 15 is 0 Å². The van der Waals surface area contributed by atoms with Gasteiger partial charge in [-0.15, -0.1) is 22.0 Å². The predicted molar refractivity (Wildman–Crippen MR) is 71.5 cm³/mol. The molecule has 0 atom stereocenters. The van der Waals surface area contributed by atoms with Gasteiger partial charge in [-0.2, -0.15) is 0 Å². The molecule has 5 nitrogen and oxygen atoms in total. The molecule has 18 heavy (non-hydrogen) atoms. The number of aromatic carboxylic acids is 1. The molecule has 1 fully saturated rings. The zero-order valence-electron chi connectivity index (χ0n) is 10.4. The van der Waals surface area contributed by atoms with Crippen molar-refractivity contribution < 1.29 is 9.90 Å².